The van der Waals surface area contributed by atoms with Crippen LogP contribution in [0.4, 0.5) is 10.5 Å². The monoisotopic (exact) mass is 316 g/mol. The van der Waals surface area contributed by atoms with Crippen molar-refractivity contribution in [3.8, 4) is 5.75 Å². The molecule has 1 saturated heterocycles. The Labute approximate surface area is 137 Å². The number of fused-ring (bicyclic) bond motifs is 1. The predicted molar refractivity (Wildman–Crippen MR) is 89.8 cm³/mol. The van der Waals surface area contributed by atoms with Gasteiger partial charge in [-0.05, 0) is 36.8 Å². The molecule has 1 fully saturated rings. The Balaban J connectivity index is 1.54. The van der Waals surface area contributed by atoms with E-state index in [1.54, 1.807) is 7.11 Å². The maximum atomic E-state index is 12.5. The van der Waals surface area contributed by atoms with Gasteiger partial charge in [-0.1, -0.05) is 18.2 Å². The molecule has 2 aliphatic rings. The lowest BCUT2D eigenvalue weighted by Crippen LogP contribution is -2.33. The van der Waals surface area contributed by atoms with E-state index in [0.29, 0.717) is 25.0 Å². The van der Waals surface area contributed by atoms with Crippen LogP contribution in [0.25, 0.3) is 0 Å². The van der Waals surface area contributed by atoms with Crippen molar-refractivity contribution < 1.29 is 14.3 Å². The van der Waals surface area contributed by atoms with Gasteiger partial charge in [0.15, 0.2) is 0 Å². The zero-order valence-corrected chi connectivity index (χ0v) is 13.5. The number of likely N-dealkylation sites (tertiary alicyclic amines) is 1. The first-order valence-electron chi connectivity index (χ1n) is 8.19. The molecule has 1 aliphatic heterocycles. The molecule has 0 unspecified atom stereocenters. The van der Waals surface area contributed by atoms with E-state index in [0.717, 1.165) is 37.4 Å². The number of nitrogens with one attached hydrogen (secondary N) is 1. The van der Waals surface area contributed by atoms with Gasteiger partial charge in [0.2, 0.25) is 0 Å². The standard InChI is InChI=1S/C18H24N2O3/c1-22-9-10-23-17-8-4-7-16(11-17)19-18(21)20-12-14-5-2-3-6-15(14)13-20/h2-4,7-8,11,14-15H,5-6,9-10,12-13H2,1H3,(H,19,21)/t14-,15-/m0/s1. The molecule has 124 valence electrons. The van der Waals surface area contributed by atoms with E-state index in [9.17, 15) is 4.79 Å². The lowest BCUT2D eigenvalue weighted by atomic mass is 9.86. The Morgan fingerprint density at radius 3 is 2.65 bits per heavy atom. The van der Waals surface area contributed by atoms with Crippen LogP contribution in [0, 0.1) is 11.8 Å². The Morgan fingerprint density at radius 2 is 1.96 bits per heavy atom. The quantitative estimate of drug-likeness (QED) is 0.670. The molecule has 0 spiro atoms. The summed E-state index contributed by atoms with van der Waals surface area (Å²) in [6.45, 7) is 2.74. The van der Waals surface area contributed by atoms with Crippen LogP contribution in [0.3, 0.4) is 0 Å². The number of nitrogens with zero attached hydrogens (tertiary/aromatic N) is 1. The van der Waals surface area contributed by atoms with Crippen molar-refractivity contribution in [2.75, 3.05) is 38.7 Å². The second-order valence-corrected chi connectivity index (χ2v) is 6.17. The number of ether oxygens (including phenoxy) is 2. The normalized spacial score (nSPS) is 22.7. The largest absolute Gasteiger partial charge is 0.491 e. The first-order valence-corrected chi connectivity index (χ1v) is 8.19. The lowest BCUT2D eigenvalue weighted by Gasteiger charge is -2.17. The fourth-order valence-corrected chi connectivity index (χ4v) is 3.29. The molecule has 1 heterocycles. The van der Waals surface area contributed by atoms with Gasteiger partial charge in [0.05, 0.1) is 6.61 Å². The average Bonchev–Trinajstić information content (AvgIpc) is 3.00. The number of anilines is 1. The third-order valence-corrected chi connectivity index (χ3v) is 4.55. The second kappa shape index (κ2) is 7.51. The van der Waals surface area contributed by atoms with Crippen molar-refractivity contribution in [2.24, 2.45) is 11.8 Å². The molecule has 0 bridgehead atoms. The number of methoxy groups -OCH3 is 1. The van der Waals surface area contributed by atoms with E-state index in [1.807, 2.05) is 29.2 Å². The van der Waals surface area contributed by atoms with E-state index in [2.05, 4.69) is 17.5 Å². The number of hydrogen-bond donors (Lipinski definition) is 1. The molecule has 1 aromatic rings. The molecule has 0 saturated carbocycles. The van der Waals surface area contributed by atoms with Gasteiger partial charge in [0.1, 0.15) is 12.4 Å². The summed E-state index contributed by atoms with van der Waals surface area (Å²) in [5, 5.41) is 2.98. The van der Waals surface area contributed by atoms with Crippen molar-refractivity contribution in [1.29, 1.82) is 0 Å². The average molecular weight is 316 g/mol. The lowest BCUT2D eigenvalue weighted by molar-refractivity contribution is 0.146. The highest BCUT2D eigenvalue weighted by Gasteiger charge is 2.35. The molecule has 1 aliphatic carbocycles. The van der Waals surface area contributed by atoms with Crippen LogP contribution >= 0.6 is 0 Å². The molecule has 0 radical (unpaired) electrons. The maximum absolute atomic E-state index is 12.5. The molecule has 1 N–H and O–H groups in total. The van der Waals surface area contributed by atoms with E-state index >= 15 is 0 Å². The number of carbonyl (C=O) groups is 1. The van der Waals surface area contributed by atoms with Crippen LogP contribution in [0.5, 0.6) is 5.75 Å². The highest BCUT2D eigenvalue weighted by molar-refractivity contribution is 5.89. The number of urea groups is 1. The number of rotatable bonds is 5. The van der Waals surface area contributed by atoms with Crippen LogP contribution in [-0.2, 0) is 4.74 Å². The van der Waals surface area contributed by atoms with Crippen molar-refractivity contribution in [3.05, 3.63) is 36.4 Å². The van der Waals surface area contributed by atoms with Gasteiger partial charge in [0.25, 0.3) is 0 Å². The second-order valence-electron chi connectivity index (χ2n) is 6.17. The summed E-state index contributed by atoms with van der Waals surface area (Å²) in [6, 6.07) is 7.46. The minimum absolute atomic E-state index is 0.0200. The van der Waals surface area contributed by atoms with E-state index in [4.69, 9.17) is 9.47 Å². The summed E-state index contributed by atoms with van der Waals surface area (Å²) in [7, 11) is 1.64. The summed E-state index contributed by atoms with van der Waals surface area (Å²) in [4.78, 5) is 14.4. The van der Waals surface area contributed by atoms with Crippen molar-refractivity contribution in [3.63, 3.8) is 0 Å². The van der Waals surface area contributed by atoms with Crippen LogP contribution in [0.2, 0.25) is 0 Å². The summed E-state index contributed by atoms with van der Waals surface area (Å²) >= 11 is 0. The smallest absolute Gasteiger partial charge is 0.321 e. The van der Waals surface area contributed by atoms with Crippen LogP contribution in [-0.4, -0.2) is 44.3 Å². The number of carbonyl (C=O) groups excluding carboxylic acids is 1. The minimum atomic E-state index is -0.0200. The third kappa shape index (κ3) is 4.05. The maximum Gasteiger partial charge on any atom is 0.321 e. The highest BCUT2D eigenvalue weighted by Crippen LogP contribution is 2.33. The van der Waals surface area contributed by atoms with Gasteiger partial charge >= 0.3 is 6.03 Å². The van der Waals surface area contributed by atoms with Crippen molar-refractivity contribution in [2.45, 2.75) is 12.8 Å². The fraction of sp³-hybridized carbons (Fsp3) is 0.500. The fourth-order valence-electron chi connectivity index (χ4n) is 3.29. The number of allylic oxidation sites excluding steroid dienone is 2. The van der Waals surface area contributed by atoms with Gasteiger partial charge in [0, 0.05) is 32.0 Å². The Bertz CT molecular complexity index is 557. The number of amides is 2. The van der Waals surface area contributed by atoms with E-state index in [1.165, 1.54) is 0 Å². The van der Waals surface area contributed by atoms with Gasteiger partial charge < -0.3 is 19.7 Å². The summed E-state index contributed by atoms with van der Waals surface area (Å²) in [6.07, 6.45) is 6.67. The molecular formula is C18H24N2O3. The molecule has 3 rings (SSSR count). The van der Waals surface area contributed by atoms with Crippen molar-refractivity contribution >= 4 is 11.7 Å². The SMILES string of the molecule is COCCOc1cccc(NC(=O)N2C[C@@H]3CC=CC[C@H]3C2)c1. The van der Waals surface area contributed by atoms with E-state index < -0.39 is 0 Å². The van der Waals surface area contributed by atoms with Crippen LogP contribution < -0.4 is 10.1 Å². The number of benzene rings is 1. The first-order chi connectivity index (χ1) is 11.3. The molecule has 0 aromatic heterocycles. The predicted octanol–water partition coefficient (Wildman–Crippen LogP) is 3.14. The van der Waals surface area contributed by atoms with Gasteiger partial charge in [-0.2, -0.15) is 0 Å². The van der Waals surface area contributed by atoms with Gasteiger partial charge in [-0.3, -0.25) is 0 Å². The first kappa shape index (κ1) is 15.9. The van der Waals surface area contributed by atoms with Crippen molar-refractivity contribution in [1.82, 2.24) is 4.90 Å². The topological polar surface area (TPSA) is 50.8 Å². The number of hydrogen-bond acceptors (Lipinski definition) is 3. The Morgan fingerprint density at radius 1 is 1.22 bits per heavy atom. The summed E-state index contributed by atoms with van der Waals surface area (Å²) in [5.41, 5.74) is 0.762. The zero-order valence-electron chi connectivity index (χ0n) is 13.5. The van der Waals surface area contributed by atoms with Gasteiger partial charge in [-0.15, -0.1) is 0 Å². The Hall–Kier alpha value is -2.01. The van der Waals surface area contributed by atoms with Crippen LogP contribution in [0.15, 0.2) is 36.4 Å². The summed E-state index contributed by atoms with van der Waals surface area (Å²) in [5.74, 6) is 1.98. The molecule has 1 aromatic carbocycles. The molecule has 2 atom stereocenters. The zero-order chi connectivity index (χ0) is 16.1. The molecule has 5 heteroatoms. The molecule has 2 amide bonds. The Kier molecular flexibility index (Phi) is 5.18. The van der Waals surface area contributed by atoms with E-state index in [-0.39, 0.29) is 6.03 Å². The molecular weight excluding hydrogens is 292 g/mol. The van der Waals surface area contributed by atoms with Gasteiger partial charge in [-0.25, -0.2) is 4.79 Å². The minimum Gasteiger partial charge on any atom is -0.491 e. The third-order valence-electron chi connectivity index (χ3n) is 4.55. The van der Waals surface area contributed by atoms with Crippen LogP contribution in [0.1, 0.15) is 12.8 Å². The molecule has 23 heavy (non-hydrogen) atoms. The summed E-state index contributed by atoms with van der Waals surface area (Å²) < 4.78 is 10.5. The highest BCUT2D eigenvalue weighted by atomic mass is 16.5. The molecule has 5 nitrogen and oxygen atoms in total.